The average Bonchev–Trinajstić information content (AvgIpc) is 3.10. The van der Waals surface area contributed by atoms with Crippen molar-refractivity contribution in [3.8, 4) is 0 Å². The Bertz CT molecular complexity index is 873. The molecule has 0 radical (unpaired) electrons. The highest BCUT2D eigenvalue weighted by Crippen LogP contribution is 2.26. The van der Waals surface area contributed by atoms with Crippen LogP contribution in [0.2, 0.25) is 0 Å². The first kappa shape index (κ1) is 14.1. The van der Waals surface area contributed by atoms with Crippen LogP contribution < -0.4 is 5.32 Å². The summed E-state index contributed by atoms with van der Waals surface area (Å²) in [6.45, 7) is 0.190. The molecule has 1 aromatic carbocycles. The van der Waals surface area contributed by atoms with Gasteiger partial charge in [0.2, 0.25) is 5.69 Å². The number of H-pyrrole nitrogens is 1. The van der Waals surface area contributed by atoms with Crippen molar-refractivity contribution in [2.75, 3.05) is 0 Å². The van der Waals surface area contributed by atoms with Gasteiger partial charge < -0.3 is 5.32 Å². The van der Waals surface area contributed by atoms with Crippen LogP contribution in [0.4, 0.5) is 10.1 Å². The maximum Gasteiger partial charge on any atom is 0.319 e. The number of nitrogens with one attached hydrogen (secondary N) is 2. The number of nitrogens with zero attached hydrogens (tertiary/aromatic N) is 2. The third-order valence-corrected chi connectivity index (χ3v) is 4.11. The molecule has 7 nitrogen and oxygen atoms in total. The number of thiophene rings is 1. The Kier molecular flexibility index (Phi) is 3.55. The van der Waals surface area contributed by atoms with Gasteiger partial charge in [-0.15, -0.1) is 11.3 Å². The van der Waals surface area contributed by atoms with Gasteiger partial charge in [0.25, 0.3) is 5.91 Å². The lowest BCUT2D eigenvalue weighted by Gasteiger charge is -2.00. The number of carbonyl (C=O) groups excluding carboxylic acids is 1. The minimum atomic E-state index is -0.680. The molecule has 9 heteroatoms. The third kappa shape index (κ3) is 2.66. The molecular weight excluding hydrogens is 311 g/mol. The van der Waals surface area contributed by atoms with Gasteiger partial charge in [0, 0.05) is 9.58 Å². The van der Waals surface area contributed by atoms with E-state index in [1.807, 2.05) is 0 Å². The predicted octanol–water partition coefficient (Wildman–Crippen LogP) is 2.60. The number of halogens is 1. The Morgan fingerprint density at radius 1 is 1.45 bits per heavy atom. The van der Waals surface area contributed by atoms with Crippen LogP contribution in [0.3, 0.4) is 0 Å². The normalized spacial score (nSPS) is 10.8. The van der Waals surface area contributed by atoms with Crippen LogP contribution in [0.1, 0.15) is 15.4 Å². The molecule has 0 atom stereocenters. The molecule has 0 fully saturated rings. The van der Waals surface area contributed by atoms with Crippen molar-refractivity contribution in [3.63, 3.8) is 0 Å². The van der Waals surface area contributed by atoms with Crippen molar-refractivity contribution >= 4 is 33.0 Å². The second-order valence-electron chi connectivity index (χ2n) is 4.46. The number of fused-ring (bicyclic) bond motifs is 1. The van der Waals surface area contributed by atoms with Crippen LogP contribution in [0.15, 0.2) is 30.5 Å². The van der Waals surface area contributed by atoms with Gasteiger partial charge in [0.05, 0.1) is 11.5 Å². The topological polar surface area (TPSA) is 101 Å². The summed E-state index contributed by atoms with van der Waals surface area (Å²) in [4.78, 5) is 22.8. The Hall–Kier alpha value is -2.81. The monoisotopic (exact) mass is 320 g/mol. The van der Waals surface area contributed by atoms with E-state index in [-0.39, 0.29) is 23.7 Å². The predicted molar refractivity (Wildman–Crippen MR) is 78.2 cm³/mol. The highest BCUT2D eigenvalue weighted by molar-refractivity contribution is 7.19. The molecule has 1 amide bonds. The molecule has 22 heavy (non-hydrogen) atoms. The zero-order chi connectivity index (χ0) is 15.7. The zero-order valence-corrected chi connectivity index (χ0v) is 11.8. The van der Waals surface area contributed by atoms with Crippen LogP contribution >= 0.6 is 11.3 Å². The fraction of sp³-hybridized carbons (Fsp3) is 0.0769. The number of amides is 1. The number of nitro groups is 1. The van der Waals surface area contributed by atoms with E-state index < -0.39 is 10.8 Å². The first-order chi connectivity index (χ1) is 10.5. The molecule has 0 unspecified atom stereocenters. The quantitative estimate of drug-likeness (QED) is 0.570. The average molecular weight is 320 g/mol. The highest BCUT2D eigenvalue weighted by Gasteiger charge is 2.22. The van der Waals surface area contributed by atoms with Crippen molar-refractivity contribution in [2.24, 2.45) is 0 Å². The van der Waals surface area contributed by atoms with Crippen LogP contribution in [0.5, 0.6) is 0 Å². The van der Waals surface area contributed by atoms with E-state index in [9.17, 15) is 19.3 Å². The molecule has 2 N–H and O–H groups in total. The fourth-order valence-corrected chi connectivity index (χ4v) is 2.98. The fourth-order valence-electron chi connectivity index (χ4n) is 2.00. The van der Waals surface area contributed by atoms with Gasteiger partial charge in [-0.1, -0.05) is 0 Å². The maximum atomic E-state index is 13.1. The Balaban J connectivity index is 1.74. The molecule has 2 aromatic heterocycles. The highest BCUT2D eigenvalue weighted by atomic mass is 32.1. The molecule has 0 spiro atoms. The van der Waals surface area contributed by atoms with E-state index >= 15 is 0 Å². The molecule has 3 rings (SSSR count). The summed E-state index contributed by atoms with van der Waals surface area (Å²) in [5.41, 5.74) is -0.576. The SMILES string of the molecule is O=C(NCc1cc2cc(F)ccc2s1)c1[nH]ncc1[N+](=O)[O-]. The van der Waals surface area contributed by atoms with Gasteiger partial charge in [-0.25, -0.2) is 4.39 Å². The van der Waals surface area contributed by atoms with Crippen molar-refractivity contribution in [1.29, 1.82) is 0 Å². The number of carbonyl (C=O) groups is 1. The molecule has 0 aliphatic carbocycles. The first-order valence-electron chi connectivity index (χ1n) is 6.18. The molecule has 0 aliphatic heterocycles. The van der Waals surface area contributed by atoms with Crippen molar-refractivity contribution in [2.45, 2.75) is 6.54 Å². The maximum absolute atomic E-state index is 13.1. The Labute approximate surface area is 126 Å². The number of rotatable bonds is 4. The lowest BCUT2D eigenvalue weighted by molar-refractivity contribution is -0.385. The zero-order valence-electron chi connectivity index (χ0n) is 11.0. The third-order valence-electron chi connectivity index (χ3n) is 3.00. The van der Waals surface area contributed by atoms with E-state index in [1.54, 1.807) is 12.1 Å². The Morgan fingerprint density at radius 3 is 3.05 bits per heavy atom. The number of aromatic nitrogens is 2. The summed E-state index contributed by atoms with van der Waals surface area (Å²) in [6.07, 6.45) is 0.983. The minimum Gasteiger partial charge on any atom is -0.346 e. The summed E-state index contributed by atoms with van der Waals surface area (Å²) in [5, 5.41) is 19.9. The molecule has 0 saturated carbocycles. The van der Waals surface area contributed by atoms with E-state index in [0.717, 1.165) is 21.2 Å². The lowest BCUT2D eigenvalue weighted by Crippen LogP contribution is -2.23. The van der Waals surface area contributed by atoms with Gasteiger partial charge in [-0.2, -0.15) is 5.10 Å². The summed E-state index contributed by atoms with van der Waals surface area (Å²) < 4.78 is 14.0. The van der Waals surface area contributed by atoms with Crippen molar-refractivity contribution in [3.05, 3.63) is 57.0 Å². The number of benzene rings is 1. The first-order valence-corrected chi connectivity index (χ1v) is 7.00. The van der Waals surface area contributed by atoms with Gasteiger partial charge in [-0.3, -0.25) is 20.0 Å². The molecule has 0 aliphatic rings. The number of aromatic amines is 1. The Morgan fingerprint density at radius 2 is 2.27 bits per heavy atom. The van der Waals surface area contributed by atoms with Gasteiger partial charge in [0.15, 0.2) is 0 Å². The molecular formula is C13H9FN4O3S. The molecule has 0 bridgehead atoms. The largest absolute Gasteiger partial charge is 0.346 e. The van der Waals surface area contributed by atoms with Gasteiger partial charge in [0.1, 0.15) is 12.0 Å². The van der Waals surface area contributed by atoms with E-state index in [2.05, 4.69) is 15.5 Å². The number of hydrogen-bond donors (Lipinski definition) is 2. The van der Waals surface area contributed by atoms with Crippen LogP contribution in [0.25, 0.3) is 10.1 Å². The molecule has 0 saturated heterocycles. The lowest BCUT2D eigenvalue weighted by atomic mass is 10.2. The van der Waals surface area contributed by atoms with Crippen LogP contribution in [-0.2, 0) is 6.54 Å². The number of hydrogen-bond acceptors (Lipinski definition) is 5. The second-order valence-corrected chi connectivity index (χ2v) is 5.63. The molecule has 2 heterocycles. The van der Waals surface area contributed by atoms with Crippen LogP contribution in [-0.4, -0.2) is 21.0 Å². The summed E-state index contributed by atoms with van der Waals surface area (Å²) in [6, 6.07) is 6.22. The van der Waals surface area contributed by atoms with E-state index in [1.165, 1.54) is 23.5 Å². The molecule has 3 aromatic rings. The van der Waals surface area contributed by atoms with Crippen molar-refractivity contribution in [1.82, 2.24) is 15.5 Å². The summed E-state index contributed by atoms with van der Waals surface area (Å²) in [7, 11) is 0. The van der Waals surface area contributed by atoms with E-state index in [4.69, 9.17) is 0 Å². The summed E-state index contributed by atoms with van der Waals surface area (Å²) >= 11 is 1.41. The van der Waals surface area contributed by atoms with Gasteiger partial charge >= 0.3 is 5.69 Å². The standard InChI is InChI=1S/C13H9FN4O3S/c14-8-1-2-11-7(3-8)4-9(22-11)5-15-13(19)12-10(18(20)21)6-16-17-12/h1-4,6H,5H2,(H,15,19)(H,16,17). The second kappa shape index (κ2) is 5.53. The van der Waals surface area contributed by atoms with E-state index in [0.29, 0.717) is 0 Å². The summed E-state index contributed by atoms with van der Waals surface area (Å²) in [5.74, 6) is -0.943. The van der Waals surface area contributed by atoms with Crippen LogP contribution in [0, 0.1) is 15.9 Å². The van der Waals surface area contributed by atoms with Gasteiger partial charge in [-0.05, 0) is 29.7 Å². The molecule has 112 valence electrons. The minimum absolute atomic E-state index is 0.190. The smallest absolute Gasteiger partial charge is 0.319 e. The van der Waals surface area contributed by atoms with Crippen molar-refractivity contribution < 1.29 is 14.1 Å².